The summed E-state index contributed by atoms with van der Waals surface area (Å²) in [4.78, 5) is 33.9. The number of rotatable bonds is 5. The molecule has 0 atom stereocenters. The average Bonchev–Trinajstić information content (AvgIpc) is 2.56. The molecule has 0 unspecified atom stereocenters. The van der Waals surface area contributed by atoms with Gasteiger partial charge in [-0.05, 0) is 34.1 Å². The Morgan fingerprint density at radius 2 is 1.96 bits per heavy atom. The number of amides is 1. The van der Waals surface area contributed by atoms with Gasteiger partial charge < -0.3 is 10.1 Å². The van der Waals surface area contributed by atoms with Crippen molar-refractivity contribution in [1.29, 1.82) is 0 Å². The summed E-state index contributed by atoms with van der Waals surface area (Å²) in [6.45, 7) is -0.564. The summed E-state index contributed by atoms with van der Waals surface area (Å²) in [5.41, 5.74) is 0.206. The average molecular weight is 448 g/mol. The lowest BCUT2D eigenvalue weighted by Crippen LogP contribution is -2.21. The molecule has 10 heteroatoms. The van der Waals surface area contributed by atoms with Gasteiger partial charge in [-0.15, -0.1) is 0 Å². The molecule has 1 N–H and O–H groups in total. The molecule has 0 saturated carbocycles. The third kappa shape index (κ3) is 4.91. The van der Waals surface area contributed by atoms with Crippen LogP contribution in [-0.2, 0) is 9.53 Å². The van der Waals surface area contributed by atoms with Gasteiger partial charge in [0.05, 0.1) is 26.2 Å². The third-order valence-corrected chi connectivity index (χ3v) is 4.42. The van der Waals surface area contributed by atoms with Crippen molar-refractivity contribution in [2.75, 3.05) is 11.9 Å². The predicted octanol–water partition coefficient (Wildman–Crippen LogP) is 4.46. The number of anilines is 1. The molecule has 2 aromatic rings. The fourth-order valence-corrected chi connectivity index (χ4v) is 2.62. The van der Waals surface area contributed by atoms with Crippen LogP contribution in [0.15, 0.2) is 40.9 Å². The zero-order valence-electron chi connectivity index (χ0n) is 12.3. The molecule has 1 amide bonds. The summed E-state index contributed by atoms with van der Waals surface area (Å²) in [6.07, 6.45) is 0. The number of nitro groups is 1. The van der Waals surface area contributed by atoms with Gasteiger partial charge in [0.15, 0.2) is 6.61 Å². The molecule has 0 aliphatic rings. The number of carbonyl (C=O) groups is 2. The highest BCUT2D eigenvalue weighted by atomic mass is 79.9. The lowest BCUT2D eigenvalue weighted by molar-refractivity contribution is -0.384. The maximum Gasteiger partial charge on any atom is 0.340 e. The standard InChI is InChI=1S/C15H9BrCl2N2O5/c16-10-6-8(20(23)24)4-5-12(10)19-13(21)7-25-15(22)9-2-1-3-11(17)14(9)18/h1-6H,7H2,(H,19,21). The van der Waals surface area contributed by atoms with Crippen LogP contribution in [0.25, 0.3) is 0 Å². The molecule has 25 heavy (non-hydrogen) atoms. The molecule has 130 valence electrons. The summed E-state index contributed by atoms with van der Waals surface area (Å²) in [7, 11) is 0. The molecular formula is C15H9BrCl2N2O5. The first-order valence-electron chi connectivity index (χ1n) is 6.64. The summed E-state index contributed by atoms with van der Waals surface area (Å²) < 4.78 is 5.20. The van der Waals surface area contributed by atoms with Crippen molar-refractivity contribution in [3.63, 3.8) is 0 Å². The minimum Gasteiger partial charge on any atom is -0.452 e. The van der Waals surface area contributed by atoms with Crippen LogP contribution in [0.1, 0.15) is 10.4 Å². The SMILES string of the molecule is O=C(COC(=O)c1cccc(Cl)c1Cl)Nc1ccc([N+](=O)[O-])cc1Br. The zero-order chi connectivity index (χ0) is 18.6. The van der Waals surface area contributed by atoms with E-state index in [2.05, 4.69) is 21.2 Å². The van der Waals surface area contributed by atoms with Crippen LogP contribution < -0.4 is 5.32 Å². The van der Waals surface area contributed by atoms with Crippen molar-refractivity contribution >= 4 is 62.4 Å². The van der Waals surface area contributed by atoms with Gasteiger partial charge in [0.25, 0.3) is 11.6 Å². The fraction of sp³-hybridized carbons (Fsp3) is 0.0667. The van der Waals surface area contributed by atoms with Crippen molar-refractivity contribution in [1.82, 2.24) is 0 Å². The Balaban J connectivity index is 1.98. The highest BCUT2D eigenvalue weighted by Gasteiger charge is 2.16. The zero-order valence-corrected chi connectivity index (χ0v) is 15.4. The largest absolute Gasteiger partial charge is 0.452 e. The molecule has 0 aliphatic carbocycles. The Morgan fingerprint density at radius 3 is 2.60 bits per heavy atom. The van der Waals surface area contributed by atoms with E-state index in [1.807, 2.05) is 0 Å². The van der Waals surface area contributed by atoms with E-state index in [1.165, 1.54) is 36.4 Å². The fourth-order valence-electron chi connectivity index (χ4n) is 1.78. The first-order chi connectivity index (χ1) is 11.8. The maximum atomic E-state index is 11.9. The Kier molecular flexibility index (Phi) is 6.35. The minimum absolute atomic E-state index is 0.0349. The van der Waals surface area contributed by atoms with Gasteiger partial charge in [0, 0.05) is 16.6 Å². The highest BCUT2D eigenvalue weighted by Crippen LogP contribution is 2.27. The molecule has 0 radical (unpaired) electrons. The summed E-state index contributed by atoms with van der Waals surface area (Å²) >= 11 is 14.8. The van der Waals surface area contributed by atoms with Gasteiger partial charge in [0.2, 0.25) is 0 Å². The van der Waals surface area contributed by atoms with E-state index in [0.29, 0.717) is 10.2 Å². The quantitative estimate of drug-likeness (QED) is 0.414. The number of nitrogens with one attached hydrogen (secondary N) is 1. The van der Waals surface area contributed by atoms with E-state index >= 15 is 0 Å². The summed E-state index contributed by atoms with van der Waals surface area (Å²) in [5, 5.41) is 13.4. The molecule has 0 spiro atoms. The second-order valence-corrected chi connectivity index (χ2v) is 6.29. The van der Waals surface area contributed by atoms with Crippen LogP contribution in [-0.4, -0.2) is 23.4 Å². The number of hydrogen-bond donors (Lipinski definition) is 1. The van der Waals surface area contributed by atoms with Gasteiger partial charge in [0.1, 0.15) is 0 Å². The smallest absolute Gasteiger partial charge is 0.340 e. The summed E-state index contributed by atoms with van der Waals surface area (Å²) in [6, 6.07) is 8.29. The number of nitro benzene ring substituents is 1. The lowest BCUT2D eigenvalue weighted by atomic mass is 10.2. The van der Waals surface area contributed by atoms with Crippen molar-refractivity contribution < 1.29 is 19.2 Å². The van der Waals surface area contributed by atoms with E-state index in [1.54, 1.807) is 0 Å². The Bertz CT molecular complexity index is 860. The van der Waals surface area contributed by atoms with Crippen LogP contribution in [0.4, 0.5) is 11.4 Å². The molecular weight excluding hydrogens is 439 g/mol. The van der Waals surface area contributed by atoms with Crippen molar-refractivity contribution in [2.45, 2.75) is 0 Å². The number of esters is 1. The third-order valence-electron chi connectivity index (χ3n) is 2.94. The van der Waals surface area contributed by atoms with Crippen LogP contribution in [0, 0.1) is 10.1 Å². The van der Waals surface area contributed by atoms with Gasteiger partial charge in [-0.2, -0.15) is 0 Å². The first kappa shape index (κ1) is 19.2. The molecule has 0 aliphatic heterocycles. The molecule has 0 bridgehead atoms. The van der Waals surface area contributed by atoms with E-state index in [0.717, 1.165) is 0 Å². The van der Waals surface area contributed by atoms with Gasteiger partial charge in [-0.3, -0.25) is 14.9 Å². The van der Waals surface area contributed by atoms with Crippen LogP contribution in [0.2, 0.25) is 10.0 Å². The number of halogens is 3. The number of carbonyl (C=O) groups excluding carboxylic acids is 2. The number of nitrogens with zero attached hydrogens (tertiary/aromatic N) is 1. The first-order valence-corrected chi connectivity index (χ1v) is 8.19. The Hall–Kier alpha value is -2.16. The van der Waals surface area contributed by atoms with E-state index in [9.17, 15) is 19.7 Å². The van der Waals surface area contributed by atoms with Gasteiger partial charge in [-0.1, -0.05) is 29.3 Å². The lowest BCUT2D eigenvalue weighted by Gasteiger charge is -2.09. The van der Waals surface area contributed by atoms with E-state index in [-0.39, 0.29) is 21.3 Å². The number of non-ortho nitro benzene ring substituents is 1. The molecule has 0 aromatic heterocycles. The molecule has 2 rings (SSSR count). The topological polar surface area (TPSA) is 98.5 Å². The minimum atomic E-state index is -0.801. The summed E-state index contributed by atoms with van der Waals surface area (Å²) in [5.74, 6) is -1.42. The van der Waals surface area contributed by atoms with E-state index < -0.39 is 23.4 Å². The van der Waals surface area contributed by atoms with Crippen molar-refractivity contribution in [2.24, 2.45) is 0 Å². The Labute approximate surface area is 160 Å². The molecule has 2 aromatic carbocycles. The Morgan fingerprint density at radius 1 is 1.24 bits per heavy atom. The van der Waals surface area contributed by atoms with Crippen LogP contribution >= 0.6 is 39.1 Å². The second kappa shape index (κ2) is 8.28. The molecule has 0 heterocycles. The second-order valence-electron chi connectivity index (χ2n) is 4.65. The number of ether oxygens (including phenoxy) is 1. The van der Waals surface area contributed by atoms with Crippen LogP contribution in [0.3, 0.4) is 0 Å². The maximum absolute atomic E-state index is 11.9. The van der Waals surface area contributed by atoms with Crippen molar-refractivity contribution in [3.8, 4) is 0 Å². The van der Waals surface area contributed by atoms with Crippen molar-refractivity contribution in [3.05, 3.63) is 66.6 Å². The van der Waals surface area contributed by atoms with E-state index in [4.69, 9.17) is 27.9 Å². The molecule has 0 fully saturated rings. The monoisotopic (exact) mass is 446 g/mol. The predicted molar refractivity (Wildman–Crippen MR) is 96.2 cm³/mol. The van der Waals surface area contributed by atoms with Crippen LogP contribution in [0.5, 0.6) is 0 Å². The molecule has 0 saturated heterocycles. The highest BCUT2D eigenvalue weighted by molar-refractivity contribution is 9.10. The molecule has 7 nitrogen and oxygen atoms in total. The number of hydrogen-bond acceptors (Lipinski definition) is 5. The van der Waals surface area contributed by atoms with Gasteiger partial charge in [-0.25, -0.2) is 4.79 Å². The number of benzene rings is 2. The van der Waals surface area contributed by atoms with Gasteiger partial charge >= 0.3 is 5.97 Å². The normalized spacial score (nSPS) is 10.2.